The molecule has 0 aliphatic carbocycles. The van der Waals surface area contributed by atoms with Gasteiger partial charge in [-0.05, 0) is 57.0 Å². The second-order valence-corrected chi connectivity index (χ2v) is 8.49. The Morgan fingerprint density at radius 1 is 1.00 bits per heavy atom. The van der Waals surface area contributed by atoms with Gasteiger partial charge in [0.2, 0.25) is 0 Å². The van der Waals surface area contributed by atoms with Crippen molar-refractivity contribution in [3.05, 3.63) is 24.3 Å². The molecule has 3 saturated heterocycles. The van der Waals surface area contributed by atoms with E-state index in [4.69, 9.17) is 9.47 Å². The van der Waals surface area contributed by atoms with Gasteiger partial charge in [0.15, 0.2) is 0 Å². The topological polar surface area (TPSA) is 94.6 Å². The molecule has 0 unspecified atom stereocenters. The minimum atomic E-state index is -1.46. The lowest BCUT2D eigenvalue weighted by Gasteiger charge is -2.32. The first-order chi connectivity index (χ1) is 15.5. The number of rotatable bonds is 8. The molecule has 32 heavy (non-hydrogen) atoms. The third-order valence-electron chi connectivity index (χ3n) is 6.23. The van der Waals surface area contributed by atoms with Gasteiger partial charge in [-0.15, -0.1) is 0 Å². The van der Waals surface area contributed by atoms with Crippen LogP contribution in [-0.4, -0.2) is 78.9 Å². The minimum absolute atomic E-state index is 0.0260. The molecule has 3 aliphatic rings. The number of ether oxygens (including phenoxy) is 4. The lowest BCUT2D eigenvalue weighted by Crippen LogP contribution is -2.46. The summed E-state index contributed by atoms with van der Waals surface area (Å²) in [6, 6.07) is 8.30. The van der Waals surface area contributed by atoms with Gasteiger partial charge in [0.1, 0.15) is 17.6 Å². The average Bonchev–Trinajstić information content (AvgIpc) is 3.37. The minimum Gasteiger partial charge on any atom is -0.494 e. The maximum absolute atomic E-state index is 12.3. The summed E-state index contributed by atoms with van der Waals surface area (Å²) >= 11 is 0. The van der Waals surface area contributed by atoms with Crippen molar-refractivity contribution in [2.75, 3.05) is 32.8 Å². The largest absolute Gasteiger partial charge is 0.494 e. The van der Waals surface area contributed by atoms with Crippen molar-refractivity contribution in [1.82, 2.24) is 9.80 Å². The number of amides is 1. The molecule has 1 amide bonds. The van der Waals surface area contributed by atoms with E-state index in [1.165, 1.54) is 24.3 Å². The monoisotopic (exact) mass is 446 g/mol. The number of esters is 2. The molecule has 0 radical (unpaired) electrons. The molecule has 0 spiro atoms. The zero-order valence-electron chi connectivity index (χ0n) is 18.4. The molecule has 9 nitrogen and oxygen atoms in total. The molecule has 4 rings (SSSR count). The van der Waals surface area contributed by atoms with Gasteiger partial charge >= 0.3 is 24.1 Å². The second-order valence-electron chi connectivity index (χ2n) is 8.49. The number of hydrogen-bond acceptors (Lipinski definition) is 8. The first-order valence-corrected chi connectivity index (χ1v) is 11.3. The van der Waals surface area contributed by atoms with Crippen molar-refractivity contribution in [3.63, 3.8) is 0 Å². The molecule has 0 saturated carbocycles. The molecule has 1 atom stereocenters. The number of likely N-dealkylation sites (tertiary alicyclic amines) is 2. The Balaban J connectivity index is 1.15. The molecule has 3 aliphatic heterocycles. The van der Waals surface area contributed by atoms with Crippen LogP contribution in [0.25, 0.3) is 0 Å². The first-order valence-electron chi connectivity index (χ1n) is 11.3. The van der Waals surface area contributed by atoms with Crippen molar-refractivity contribution in [1.29, 1.82) is 0 Å². The number of piperidine rings is 1. The van der Waals surface area contributed by atoms with E-state index in [0.717, 1.165) is 24.5 Å². The van der Waals surface area contributed by atoms with Crippen LogP contribution in [0.4, 0.5) is 0 Å². The van der Waals surface area contributed by atoms with Gasteiger partial charge in [-0.3, -0.25) is 4.79 Å². The van der Waals surface area contributed by atoms with Gasteiger partial charge in [-0.25, -0.2) is 9.59 Å². The molecular formula is C23H30N2O7. The van der Waals surface area contributed by atoms with Crippen molar-refractivity contribution in [2.45, 2.75) is 57.5 Å². The normalized spacial score (nSPS) is 22.7. The van der Waals surface area contributed by atoms with Gasteiger partial charge in [0, 0.05) is 38.5 Å². The Bertz CT molecular complexity index is 804. The summed E-state index contributed by atoms with van der Waals surface area (Å²) in [7, 11) is 0. The van der Waals surface area contributed by atoms with E-state index in [1.54, 1.807) is 0 Å². The number of cyclic esters (lactones) is 2. The standard InChI is InChI=1S/C23H30N2O7/c1-16-4-2-11-24(16)12-3-15-29-17-5-7-18(8-6-17)30-19-9-13-25(14-10-19)20(26)23-31-21(27)22(28)32-23/h5-8,16,19,23H,2-4,9-15H2,1H3/t16-/m1/s1. The summed E-state index contributed by atoms with van der Waals surface area (Å²) in [5.41, 5.74) is 0. The second kappa shape index (κ2) is 10.2. The summed E-state index contributed by atoms with van der Waals surface area (Å²) < 4.78 is 21.2. The molecule has 9 heteroatoms. The highest BCUT2D eigenvalue weighted by Gasteiger charge is 2.42. The summed E-state index contributed by atoms with van der Waals surface area (Å²) in [6.45, 7) is 6.13. The number of hydrogen-bond donors (Lipinski definition) is 0. The fraction of sp³-hybridized carbons (Fsp3) is 0.609. The van der Waals surface area contributed by atoms with Crippen LogP contribution >= 0.6 is 0 Å². The summed E-state index contributed by atoms with van der Waals surface area (Å²) in [5.74, 6) is -1.19. The van der Waals surface area contributed by atoms with Crippen LogP contribution in [0, 0.1) is 0 Å². The maximum atomic E-state index is 12.3. The Labute approximate surface area is 187 Å². The molecule has 0 aromatic heterocycles. The van der Waals surface area contributed by atoms with Gasteiger partial charge in [0.05, 0.1) is 6.61 Å². The molecule has 1 aromatic rings. The van der Waals surface area contributed by atoms with E-state index >= 15 is 0 Å². The fourth-order valence-electron chi connectivity index (χ4n) is 4.35. The van der Waals surface area contributed by atoms with Crippen LogP contribution in [-0.2, 0) is 23.9 Å². The third-order valence-corrected chi connectivity index (χ3v) is 6.23. The predicted octanol–water partition coefficient (Wildman–Crippen LogP) is 1.74. The Kier molecular flexibility index (Phi) is 7.14. The van der Waals surface area contributed by atoms with Gasteiger partial charge in [0.25, 0.3) is 0 Å². The number of nitrogens with zero attached hydrogens (tertiary/aromatic N) is 2. The molecule has 1 aromatic carbocycles. The maximum Gasteiger partial charge on any atom is 0.421 e. The van der Waals surface area contributed by atoms with Crippen LogP contribution in [0.1, 0.15) is 39.0 Å². The van der Waals surface area contributed by atoms with E-state index in [9.17, 15) is 14.4 Å². The lowest BCUT2D eigenvalue weighted by atomic mass is 10.1. The molecule has 3 heterocycles. The number of carbonyl (C=O) groups is 3. The van der Waals surface area contributed by atoms with Crippen molar-refractivity contribution >= 4 is 17.8 Å². The molecule has 174 valence electrons. The summed E-state index contributed by atoms with van der Waals surface area (Å²) in [6.07, 6.45) is 3.38. The highest BCUT2D eigenvalue weighted by Crippen LogP contribution is 2.23. The van der Waals surface area contributed by atoms with Crippen molar-refractivity contribution in [3.8, 4) is 11.5 Å². The number of carbonyl (C=O) groups excluding carboxylic acids is 3. The third kappa shape index (κ3) is 5.51. The Morgan fingerprint density at radius 2 is 1.66 bits per heavy atom. The van der Waals surface area contributed by atoms with Gasteiger partial charge in [-0.1, -0.05) is 0 Å². The lowest BCUT2D eigenvalue weighted by molar-refractivity contribution is -0.167. The van der Waals surface area contributed by atoms with Crippen LogP contribution in [0.2, 0.25) is 0 Å². The van der Waals surface area contributed by atoms with E-state index < -0.39 is 24.1 Å². The smallest absolute Gasteiger partial charge is 0.421 e. The Hall–Kier alpha value is -2.81. The quantitative estimate of drug-likeness (QED) is 0.339. The van der Waals surface area contributed by atoms with Crippen LogP contribution in [0.5, 0.6) is 11.5 Å². The van der Waals surface area contributed by atoms with E-state index in [0.29, 0.717) is 38.6 Å². The van der Waals surface area contributed by atoms with Gasteiger partial charge < -0.3 is 28.7 Å². The highest BCUT2D eigenvalue weighted by atomic mass is 16.8. The molecule has 3 fully saturated rings. The van der Waals surface area contributed by atoms with E-state index in [2.05, 4.69) is 21.3 Å². The molecule has 0 N–H and O–H groups in total. The van der Waals surface area contributed by atoms with E-state index in [-0.39, 0.29) is 6.10 Å². The zero-order chi connectivity index (χ0) is 22.5. The van der Waals surface area contributed by atoms with Crippen molar-refractivity contribution in [2.24, 2.45) is 0 Å². The summed E-state index contributed by atoms with van der Waals surface area (Å²) in [5, 5.41) is 0. The van der Waals surface area contributed by atoms with Gasteiger partial charge in [-0.2, -0.15) is 0 Å². The molecule has 0 bridgehead atoms. The SMILES string of the molecule is C[C@@H]1CCCN1CCCOc1ccc(OC2CCN(C(=O)C3OC(=O)C(=O)O3)CC2)cc1. The van der Waals surface area contributed by atoms with E-state index in [1.807, 2.05) is 24.3 Å². The Morgan fingerprint density at radius 3 is 2.28 bits per heavy atom. The average molecular weight is 447 g/mol. The predicted molar refractivity (Wildman–Crippen MR) is 113 cm³/mol. The zero-order valence-corrected chi connectivity index (χ0v) is 18.4. The molecular weight excluding hydrogens is 416 g/mol. The van der Waals surface area contributed by atoms with Crippen molar-refractivity contribution < 1.29 is 33.3 Å². The van der Waals surface area contributed by atoms with Crippen LogP contribution in [0.3, 0.4) is 0 Å². The van der Waals surface area contributed by atoms with Crippen LogP contribution < -0.4 is 9.47 Å². The first kappa shape index (κ1) is 22.4. The highest BCUT2D eigenvalue weighted by molar-refractivity contribution is 6.31. The van der Waals surface area contributed by atoms with Crippen LogP contribution in [0.15, 0.2) is 24.3 Å². The summed E-state index contributed by atoms with van der Waals surface area (Å²) in [4.78, 5) is 38.5. The number of benzene rings is 1. The fourth-order valence-corrected chi connectivity index (χ4v) is 4.35.